The van der Waals surface area contributed by atoms with E-state index in [9.17, 15) is 9.59 Å². The number of anilines is 2. The minimum absolute atomic E-state index is 0.00580. The van der Waals surface area contributed by atoms with Crippen molar-refractivity contribution in [2.24, 2.45) is 0 Å². The smallest absolute Gasteiger partial charge is 0.251 e. The van der Waals surface area contributed by atoms with E-state index in [1.807, 2.05) is 62.4 Å². The van der Waals surface area contributed by atoms with Crippen LogP contribution in [0.25, 0.3) is 11.1 Å². The van der Waals surface area contributed by atoms with E-state index in [2.05, 4.69) is 15.7 Å². The van der Waals surface area contributed by atoms with Crippen LogP contribution in [-0.2, 0) is 20.9 Å². The molecular formula is C23H24N4O3. The van der Waals surface area contributed by atoms with E-state index in [1.54, 1.807) is 11.8 Å². The van der Waals surface area contributed by atoms with Crippen LogP contribution in [0.15, 0.2) is 48.5 Å². The van der Waals surface area contributed by atoms with Crippen molar-refractivity contribution in [3.8, 4) is 11.1 Å². The van der Waals surface area contributed by atoms with Crippen LogP contribution in [0.2, 0.25) is 0 Å². The van der Waals surface area contributed by atoms with E-state index in [1.165, 1.54) is 0 Å². The summed E-state index contributed by atoms with van der Waals surface area (Å²) < 4.78 is 6.93. The quantitative estimate of drug-likeness (QED) is 0.654. The highest BCUT2D eigenvalue weighted by Crippen LogP contribution is 2.39. The maximum atomic E-state index is 12.6. The second kappa shape index (κ2) is 8.12. The average molecular weight is 404 g/mol. The lowest BCUT2D eigenvalue weighted by Gasteiger charge is -2.10. The summed E-state index contributed by atoms with van der Waals surface area (Å²) in [5.41, 5.74) is 5.44. The SMILES string of the molecule is COCc1nn2c(c1-c1ccc(C)cc1)NC(=O)C2CC(=O)Nc1ccc(C)cc1. The number of aryl methyl sites for hydroxylation is 2. The van der Waals surface area contributed by atoms with Crippen LogP contribution in [0.1, 0.15) is 29.3 Å². The summed E-state index contributed by atoms with van der Waals surface area (Å²) in [4.78, 5) is 25.2. The molecule has 3 aromatic rings. The Morgan fingerprint density at radius 3 is 2.37 bits per heavy atom. The lowest BCUT2D eigenvalue weighted by molar-refractivity contribution is -0.123. The summed E-state index contributed by atoms with van der Waals surface area (Å²) in [6.07, 6.45) is -0.00580. The zero-order valence-corrected chi connectivity index (χ0v) is 17.2. The monoisotopic (exact) mass is 404 g/mol. The molecule has 7 heteroatoms. The van der Waals surface area contributed by atoms with E-state index in [0.717, 1.165) is 27.9 Å². The molecule has 0 saturated carbocycles. The third-order valence-corrected chi connectivity index (χ3v) is 5.16. The number of benzene rings is 2. The second-order valence-electron chi connectivity index (χ2n) is 7.54. The van der Waals surface area contributed by atoms with Crippen LogP contribution >= 0.6 is 0 Å². The predicted octanol–water partition coefficient (Wildman–Crippen LogP) is 3.84. The molecule has 0 fully saturated rings. The Morgan fingerprint density at radius 1 is 1.10 bits per heavy atom. The lowest BCUT2D eigenvalue weighted by atomic mass is 10.0. The Balaban J connectivity index is 1.61. The minimum atomic E-state index is -0.708. The highest BCUT2D eigenvalue weighted by atomic mass is 16.5. The van der Waals surface area contributed by atoms with Gasteiger partial charge in [-0.3, -0.25) is 9.59 Å². The van der Waals surface area contributed by atoms with Crippen molar-refractivity contribution in [3.05, 3.63) is 65.4 Å². The number of amides is 2. The van der Waals surface area contributed by atoms with E-state index >= 15 is 0 Å². The maximum Gasteiger partial charge on any atom is 0.251 e. The van der Waals surface area contributed by atoms with Gasteiger partial charge in [0.25, 0.3) is 5.91 Å². The van der Waals surface area contributed by atoms with Gasteiger partial charge in [0, 0.05) is 18.4 Å². The number of hydrogen-bond donors (Lipinski definition) is 2. The van der Waals surface area contributed by atoms with Crippen LogP contribution in [0.3, 0.4) is 0 Å². The highest BCUT2D eigenvalue weighted by molar-refractivity contribution is 6.04. The summed E-state index contributed by atoms with van der Waals surface area (Å²) >= 11 is 0. The molecule has 0 radical (unpaired) electrons. The second-order valence-corrected chi connectivity index (χ2v) is 7.54. The summed E-state index contributed by atoms with van der Waals surface area (Å²) in [7, 11) is 1.61. The summed E-state index contributed by atoms with van der Waals surface area (Å²) in [5, 5.41) is 10.4. The minimum Gasteiger partial charge on any atom is -0.378 e. The fraction of sp³-hybridized carbons (Fsp3) is 0.261. The van der Waals surface area contributed by atoms with E-state index in [4.69, 9.17) is 4.74 Å². The molecule has 30 heavy (non-hydrogen) atoms. The fourth-order valence-corrected chi connectivity index (χ4v) is 3.60. The van der Waals surface area contributed by atoms with Gasteiger partial charge in [0.2, 0.25) is 5.91 Å². The first-order valence-electron chi connectivity index (χ1n) is 9.81. The van der Waals surface area contributed by atoms with Crippen molar-refractivity contribution in [2.45, 2.75) is 32.9 Å². The molecule has 0 spiro atoms. The average Bonchev–Trinajstić information content (AvgIpc) is 3.20. The van der Waals surface area contributed by atoms with Gasteiger partial charge in [0.15, 0.2) is 0 Å². The molecule has 1 atom stereocenters. The number of rotatable bonds is 6. The van der Waals surface area contributed by atoms with E-state index < -0.39 is 6.04 Å². The van der Waals surface area contributed by atoms with Gasteiger partial charge < -0.3 is 15.4 Å². The van der Waals surface area contributed by atoms with Crippen molar-refractivity contribution in [1.29, 1.82) is 0 Å². The van der Waals surface area contributed by atoms with E-state index in [-0.39, 0.29) is 18.2 Å². The number of fused-ring (bicyclic) bond motifs is 1. The lowest BCUT2D eigenvalue weighted by Crippen LogP contribution is -2.24. The molecule has 1 aliphatic rings. The molecule has 154 valence electrons. The molecule has 2 N–H and O–H groups in total. The predicted molar refractivity (Wildman–Crippen MR) is 115 cm³/mol. The molecule has 4 rings (SSSR count). The topological polar surface area (TPSA) is 85.2 Å². The molecule has 2 amide bonds. The number of aromatic nitrogens is 2. The molecule has 2 aromatic carbocycles. The van der Waals surface area contributed by atoms with Gasteiger partial charge in [-0.25, -0.2) is 4.68 Å². The molecule has 1 aliphatic heterocycles. The van der Waals surface area contributed by atoms with Crippen molar-refractivity contribution in [2.75, 3.05) is 17.7 Å². The summed E-state index contributed by atoms with van der Waals surface area (Å²) in [6, 6.07) is 14.8. The van der Waals surface area contributed by atoms with Gasteiger partial charge in [-0.2, -0.15) is 5.10 Å². The zero-order chi connectivity index (χ0) is 21.3. The molecule has 7 nitrogen and oxygen atoms in total. The van der Waals surface area contributed by atoms with Crippen LogP contribution in [0.5, 0.6) is 0 Å². The van der Waals surface area contributed by atoms with Gasteiger partial charge >= 0.3 is 0 Å². The Hall–Kier alpha value is -3.45. The summed E-state index contributed by atoms with van der Waals surface area (Å²) in [6.45, 7) is 4.31. The summed E-state index contributed by atoms with van der Waals surface area (Å²) in [5.74, 6) is 0.116. The fourth-order valence-electron chi connectivity index (χ4n) is 3.60. The number of methoxy groups -OCH3 is 1. The molecule has 0 saturated heterocycles. The maximum absolute atomic E-state index is 12.6. The molecule has 0 aliphatic carbocycles. The Labute approximate surface area is 175 Å². The van der Waals surface area contributed by atoms with Gasteiger partial charge in [0.1, 0.15) is 11.9 Å². The van der Waals surface area contributed by atoms with Crippen LogP contribution < -0.4 is 10.6 Å². The third kappa shape index (κ3) is 3.84. The van der Waals surface area contributed by atoms with Crippen LogP contribution in [0, 0.1) is 13.8 Å². The van der Waals surface area contributed by atoms with E-state index in [0.29, 0.717) is 18.1 Å². The van der Waals surface area contributed by atoms with Crippen molar-refractivity contribution in [1.82, 2.24) is 9.78 Å². The first-order chi connectivity index (χ1) is 14.5. The Bertz CT molecular complexity index is 1080. The Kier molecular flexibility index (Phi) is 5.37. The number of carbonyl (C=O) groups is 2. The zero-order valence-electron chi connectivity index (χ0n) is 17.2. The first kappa shape index (κ1) is 19.8. The van der Waals surface area contributed by atoms with Gasteiger partial charge in [-0.1, -0.05) is 47.5 Å². The molecule has 1 aromatic heterocycles. The van der Waals surface area contributed by atoms with Gasteiger partial charge in [0.05, 0.1) is 18.7 Å². The molecule has 1 unspecified atom stereocenters. The normalized spacial score (nSPS) is 15.0. The standard InChI is InChI=1S/C23H24N4O3/c1-14-4-8-16(9-5-14)21-18(13-30-3)26-27-19(23(29)25-22(21)27)12-20(28)24-17-10-6-15(2)7-11-17/h4-11,19H,12-13H2,1-3H3,(H,24,28)(H,25,29). The van der Waals surface area contributed by atoms with Crippen LogP contribution in [-0.4, -0.2) is 28.7 Å². The van der Waals surface area contributed by atoms with Gasteiger partial charge in [-0.05, 0) is 31.5 Å². The number of carbonyl (C=O) groups excluding carboxylic acids is 2. The van der Waals surface area contributed by atoms with Gasteiger partial charge in [-0.15, -0.1) is 0 Å². The van der Waals surface area contributed by atoms with Crippen molar-refractivity contribution >= 4 is 23.3 Å². The van der Waals surface area contributed by atoms with Crippen molar-refractivity contribution < 1.29 is 14.3 Å². The molecule has 2 heterocycles. The largest absolute Gasteiger partial charge is 0.378 e. The number of nitrogens with zero attached hydrogens (tertiary/aromatic N) is 2. The highest BCUT2D eigenvalue weighted by Gasteiger charge is 2.37. The number of hydrogen-bond acceptors (Lipinski definition) is 4. The first-order valence-corrected chi connectivity index (χ1v) is 9.81. The molecule has 0 bridgehead atoms. The molecular weight excluding hydrogens is 380 g/mol. The number of ether oxygens (including phenoxy) is 1. The van der Waals surface area contributed by atoms with Crippen LogP contribution in [0.4, 0.5) is 11.5 Å². The third-order valence-electron chi connectivity index (χ3n) is 5.16. The Morgan fingerprint density at radius 2 is 1.73 bits per heavy atom. The van der Waals surface area contributed by atoms with Crippen molar-refractivity contribution in [3.63, 3.8) is 0 Å². The number of nitrogens with one attached hydrogen (secondary N) is 2.